The Morgan fingerprint density at radius 3 is 2.88 bits per heavy atom. The summed E-state index contributed by atoms with van der Waals surface area (Å²) in [4.78, 5) is 10.1. The first-order chi connectivity index (χ1) is 7.68. The molecule has 1 aromatic heterocycles. The number of nitrogens with one attached hydrogen (secondary N) is 1. The highest BCUT2D eigenvalue weighted by Gasteiger charge is 1.95. The summed E-state index contributed by atoms with van der Waals surface area (Å²) in [5.74, 6) is 1.09. The minimum atomic E-state index is 0.415. The van der Waals surface area contributed by atoms with Crippen LogP contribution < -0.4 is 11.1 Å². The molecule has 90 valence electrons. The van der Waals surface area contributed by atoms with Crippen molar-refractivity contribution in [2.45, 2.75) is 0 Å². The third-order valence-electron chi connectivity index (χ3n) is 1.89. The Labute approximate surface area is 95.8 Å². The number of likely N-dealkylation sites (N-methyl/N-ethyl adjacent to an activating group) is 1. The minimum Gasteiger partial charge on any atom is -0.382 e. The van der Waals surface area contributed by atoms with Gasteiger partial charge in [-0.25, -0.2) is 4.98 Å². The molecule has 0 aliphatic heterocycles. The van der Waals surface area contributed by atoms with Gasteiger partial charge in [0.25, 0.3) is 0 Å². The molecule has 0 aliphatic rings. The molecule has 0 aliphatic carbocycles. The van der Waals surface area contributed by atoms with E-state index < -0.39 is 0 Å². The van der Waals surface area contributed by atoms with Gasteiger partial charge >= 0.3 is 0 Å². The molecule has 16 heavy (non-hydrogen) atoms. The number of nitrogen functional groups attached to an aromatic ring is 1. The topological polar surface area (TPSA) is 76.3 Å². The predicted molar refractivity (Wildman–Crippen MR) is 64.3 cm³/mol. The van der Waals surface area contributed by atoms with Crippen LogP contribution in [0, 0.1) is 0 Å². The number of aromatic nitrogens is 2. The van der Waals surface area contributed by atoms with E-state index in [9.17, 15) is 0 Å². The maximum atomic E-state index is 5.49. The summed E-state index contributed by atoms with van der Waals surface area (Å²) in [5, 5.41) is 3.08. The molecular formula is C10H19N5O. The summed E-state index contributed by atoms with van der Waals surface area (Å²) in [7, 11) is 4.04. The van der Waals surface area contributed by atoms with E-state index in [1.165, 1.54) is 6.20 Å². The van der Waals surface area contributed by atoms with Crippen molar-refractivity contribution < 1.29 is 4.74 Å². The third kappa shape index (κ3) is 5.47. The molecule has 1 rings (SSSR count). The first kappa shape index (κ1) is 12.7. The van der Waals surface area contributed by atoms with Gasteiger partial charge in [-0.15, -0.1) is 0 Å². The van der Waals surface area contributed by atoms with E-state index in [0.29, 0.717) is 24.8 Å². The van der Waals surface area contributed by atoms with E-state index in [1.54, 1.807) is 6.20 Å². The second-order valence-corrected chi connectivity index (χ2v) is 3.67. The Balaban J connectivity index is 2.07. The van der Waals surface area contributed by atoms with Gasteiger partial charge in [-0.1, -0.05) is 0 Å². The Kier molecular flexibility index (Phi) is 5.52. The number of hydrogen-bond acceptors (Lipinski definition) is 6. The summed E-state index contributed by atoms with van der Waals surface area (Å²) in [6, 6.07) is 0. The van der Waals surface area contributed by atoms with Gasteiger partial charge in [-0.2, -0.15) is 0 Å². The molecule has 1 aromatic rings. The molecule has 6 heteroatoms. The normalized spacial score (nSPS) is 10.7. The maximum absolute atomic E-state index is 5.49. The van der Waals surface area contributed by atoms with E-state index in [1.807, 2.05) is 14.1 Å². The zero-order valence-electron chi connectivity index (χ0n) is 9.81. The van der Waals surface area contributed by atoms with Gasteiger partial charge in [0.15, 0.2) is 0 Å². The Bertz CT molecular complexity index is 305. The number of rotatable bonds is 7. The van der Waals surface area contributed by atoms with Crippen molar-refractivity contribution >= 4 is 11.6 Å². The van der Waals surface area contributed by atoms with Crippen LogP contribution in [0.15, 0.2) is 12.4 Å². The highest BCUT2D eigenvalue weighted by molar-refractivity contribution is 5.38. The van der Waals surface area contributed by atoms with E-state index in [0.717, 1.165) is 13.2 Å². The average Bonchev–Trinajstić information content (AvgIpc) is 2.23. The zero-order valence-corrected chi connectivity index (χ0v) is 9.81. The molecule has 0 fully saturated rings. The Hall–Kier alpha value is -1.40. The number of ether oxygens (including phenoxy) is 1. The molecule has 0 radical (unpaired) electrons. The van der Waals surface area contributed by atoms with E-state index in [4.69, 9.17) is 10.5 Å². The van der Waals surface area contributed by atoms with Crippen molar-refractivity contribution in [1.82, 2.24) is 14.9 Å². The van der Waals surface area contributed by atoms with Crippen molar-refractivity contribution in [1.29, 1.82) is 0 Å². The van der Waals surface area contributed by atoms with Crippen LogP contribution in [0.1, 0.15) is 0 Å². The molecule has 0 bridgehead atoms. The van der Waals surface area contributed by atoms with Crippen LogP contribution in [0.3, 0.4) is 0 Å². The molecule has 1 heterocycles. The molecule has 0 amide bonds. The molecule has 6 nitrogen and oxygen atoms in total. The Morgan fingerprint density at radius 2 is 2.19 bits per heavy atom. The lowest BCUT2D eigenvalue weighted by molar-refractivity contribution is 0.126. The predicted octanol–water partition coefficient (Wildman–Crippen LogP) is 0.0489. The molecule has 3 N–H and O–H groups in total. The minimum absolute atomic E-state index is 0.415. The average molecular weight is 225 g/mol. The van der Waals surface area contributed by atoms with Gasteiger partial charge in [0.05, 0.1) is 25.6 Å². The van der Waals surface area contributed by atoms with Crippen LogP contribution in [-0.2, 0) is 4.74 Å². The lowest BCUT2D eigenvalue weighted by Crippen LogP contribution is -2.20. The lowest BCUT2D eigenvalue weighted by Gasteiger charge is -2.10. The summed E-state index contributed by atoms with van der Waals surface area (Å²) in [6.07, 6.45) is 3.15. The molecule has 0 unspecified atom stereocenters. The summed E-state index contributed by atoms with van der Waals surface area (Å²) >= 11 is 0. The highest BCUT2D eigenvalue weighted by Crippen LogP contribution is 2.01. The van der Waals surface area contributed by atoms with Crippen LogP contribution >= 0.6 is 0 Å². The molecule has 0 aromatic carbocycles. The SMILES string of the molecule is CN(C)CCOCCNc1cncc(N)n1. The molecule has 0 saturated heterocycles. The van der Waals surface area contributed by atoms with Gasteiger partial charge in [-0.3, -0.25) is 4.98 Å². The number of nitrogens with two attached hydrogens (primary N) is 1. The maximum Gasteiger partial charge on any atom is 0.147 e. The van der Waals surface area contributed by atoms with Crippen molar-refractivity contribution in [2.24, 2.45) is 0 Å². The third-order valence-corrected chi connectivity index (χ3v) is 1.89. The summed E-state index contributed by atoms with van der Waals surface area (Å²) < 4.78 is 5.41. The van der Waals surface area contributed by atoms with Gasteiger partial charge in [0.1, 0.15) is 11.6 Å². The lowest BCUT2D eigenvalue weighted by atomic mass is 10.5. The second kappa shape index (κ2) is 6.97. The van der Waals surface area contributed by atoms with Crippen LogP contribution in [0.4, 0.5) is 11.6 Å². The fraction of sp³-hybridized carbons (Fsp3) is 0.600. The van der Waals surface area contributed by atoms with E-state index in [-0.39, 0.29) is 0 Å². The van der Waals surface area contributed by atoms with Gasteiger partial charge in [0.2, 0.25) is 0 Å². The molecule has 0 atom stereocenters. The van der Waals surface area contributed by atoms with Crippen molar-refractivity contribution in [3.63, 3.8) is 0 Å². The van der Waals surface area contributed by atoms with Crippen molar-refractivity contribution in [3.05, 3.63) is 12.4 Å². The zero-order chi connectivity index (χ0) is 11.8. The number of hydrogen-bond donors (Lipinski definition) is 2. The van der Waals surface area contributed by atoms with E-state index in [2.05, 4.69) is 20.2 Å². The first-order valence-electron chi connectivity index (χ1n) is 5.22. The summed E-state index contributed by atoms with van der Waals surface area (Å²) in [6.45, 7) is 3.01. The number of anilines is 2. The molecule has 0 spiro atoms. The fourth-order valence-electron chi connectivity index (χ4n) is 1.07. The molecular weight excluding hydrogens is 206 g/mol. The van der Waals surface area contributed by atoms with Crippen LogP contribution in [0.25, 0.3) is 0 Å². The Morgan fingerprint density at radius 1 is 1.38 bits per heavy atom. The summed E-state index contributed by atoms with van der Waals surface area (Å²) in [5.41, 5.74) is 5.49. The smallest absolute Gasteiger partial charge is 0.147 e. The van der Waals surface area contributed by atoms with Crippen LogP contribution in [0.2, 0.25) is 0 Å². The van der Waals surface area contributed by atoms with Crippen LogP contribution in [-0.4, -0.2) is 55.3 Å². The fourth-order valence-corrected chi connectivity index (χ4v) is 1.07. The first-order valence-corrected chi connectivity index (χ1v) is 5.22. The van der Waals surface area contributed by atoms with Gasteiger partial charge in [0, 0.05) is 13.1 Å². The van der Waals surface area contributed by atoms with Crippen molar-refractivity contribution in [2.75, 3.05) is 51.4 Å². The highest BCUT2D eigenvalue weighted by atomic mass is 16.5. The van der Waals surface area contributed by atoms with Crippen LogP contribution in [0.5, 0.6) is 0 Å². The molecule has 0 saturated carbocycles. The van der Waals surface area contributed by atoms with Crippen molar-refractivity contribution in [3.8, 4) is 0 Å². The monoisotopic (exact) mass is 225 g/mol. The van der Waals surface area contributed by atoms with Gasteiger partial charge < -0.3 is 20.7 Å². The van der Waals surface area contributed by atoms with Gasteiger partial charge in [-0.05, 0) is 14.1 Å². The standard InChI is InChI=1S/C10H19N5O/c1-15(2)4-6-16-5-3-13-10-8-12-7-9(11)14-10/h7-8H,3-6H2,1-2H3,(H3,11,13,14). The number of nitrogens with zero attached hydrogens (tertiary/aromatic N) is 3. The second-order valence-electron chi connectivity index (χ2n) is 3.67. The van der Waals surface area contributed by atoms with E-state index >= 15 is 0 Å². The quantitative estimate of drug-likeness (QED) is 0.639. The largest absolute Gasteiger partial charge is 0.382 e.